The molecule has 0 radical (unpaired) electrons. The van der Waals surface area contributed by atoms with Crippen molar-refractivity contribution in [1.29, 1.82) is 0 Å². The van der Waals surface area contributed by atoms with Crippen LogP contribution in [0.5, 0.6) is 0 Å². The number of fused-ring (bicyclic) bond motifs is 1. The summed E-state index contributed by atoms with van der Waals surface area (Å²) in [5.41, 5.74) is 0.622. The Morgan fingerprint density at radius 2 is 2.22 bits per heavy atom. The zero-order chi connectivity index (χ0) is 12.7. The van der Waals surface area contributed by atoms with E-state index < -0.39 is 6.03 Å². The van der Waals surface area contributed by atoms with Gasteiger partial charge in [-0.15, -0.1) is 5.10 Å². The Kier molecular flexibility index (Phi) is 2.51. The first-order valence-corrected chi connectivity index (χ1v) is 6.07. The number of hydrogen-bond acceptors (Lipinski definition) is 4. The zero-order valence-electron chi connectivity index (χ0n) is 9.13. The number of hydrogen-bond donors (Lipinski definition) is 1. The molecule has 7 nitrogen and oxygen atoms in total. The van der Waals surface area contributed by atoms with Crippen molar-refractivity contribution in [2.75, 3.05) is 11.4 Å². The summed E-state index contributed by atoms with van der Waals surface area (Å²) < 4.78 is 2.36. The molecular formula is C10H8BrN5O2. The summed E-state index contributed by atoms with van der Waals surface area (Å²) in [5.74, 6) is 0.00750. The van der Waals surface area contributed by atoms with E-state index in [-0.39, 0.29) is 18.3 Å². The molecular weight excluding hydrogens is 302 g/mol. The van der Waals surface area contributed by atoms with Crippen LogP contribution in [0.3, 0.4) is 0 Å². The molecule has 0 unspecified atom stereocenters. The number of amides is 3. The van der Waals surface area contributed by atoms with Crippen molar-refractivity contribution in [2.24, 2.45) is 0 Å². The fourth-order valence-electron chi connectivity index (χ4n) is 1.73. The van der Waals surface area contributed by atoms with Crippen molar-refractivity contribution < 1.29 is 9.59 Å². The van der Waals surface area contributed by atoms with Crippen molar-refractivity contribution in [3.8, 4) is 0 Å². The number of anilines is 1. The van der Waals surface area contributed by atoms with E-state index in [9.17, 15) is 9.59 Å². The number of carbonyl (C=O) groups is 2. The van der Waals surface area contributed by atoms with E-state index in [1.54, 1.807) is 10.7 Å². The molecule has 3 rings (SSSR count). The van der Waals surface area contributed by atoms with Crippen molar-refractivity contribution in [3.05, 3.63) is 22.8 Å². The van der Waals surface area contributed by atoms with Crippen LogP contribution in [0.15, 0.2) is 22.8 Å². The highest BCUT2D eigenvalue weighted by Crippen LogP contribution is 2.19. The Labute approximate surface area is 110 Å². The highest BCUT2D eigenvalue weighted by atomic mass is 79.9. The number of urea groups is 1. The van der Waals surface area contributed by atoms with Crippen LogP contribution in [0.4, 0.5) is 10.7 Å². The second-order valence-corrected chi connectivity index (χ2v) is 4.65. The predicted octanol–water partition coefficient (Wildman–Crippen LogP) is 0.938. The van der Waals surface area contributed by atoms with Crippen LogP contribution in [-0.4, -0.2) is 33.1 Å². The third-order valence-corrected chi connectivity index (χ3v) is 3.22. The first-order valence-electron chi connectivity index (χ1n) is 5.27. The molecule has 2 aromatic rings. The Bertz CT molecular complexity index is 653. The van der Waals surface area contributed by atoms with Gasteiger partial charge in [0.2, 0.25) is 5.91 Å². The molecule has 1 aliphatic heterocycles. The Morgan fingerprint density at radius 3 is 2.94 bits per heavy atom. The summed E-state index contributed by atoms with van der Waals surface area (Å²) in [6.45, 7) is 0.291. The lowest BCUT2D eigenvalue weighted by atomic mass is 10.3. The van der Waals surface area contributed by atoms with Gasteiger partial charge < -0.3 is 0 Å². The fourth-order valence-corrected chi connectivity index (χ4v) is 2.15. The predicted molar refractivity (Wildman–Crippen MR) is 66.2 cm³/mol. The standard InChI is InChI=1S/C10H8BrN5O2/c11-6-2-1-4-16-8(6)13-9(14-16)15-5-3-7(17)12-10(15)18/h1-2,4H,3,5H2,(H,12,17,18). The van der Waals surface area contributed by atoms with Gasteiger partial charge in [-0.2, -0.15) is 4.98 Å². The maximum atomic E-state index is 11.7. The van der Waals surface area contributed by atoms with Crippen molar-refractivity contribution in [1.82, 2.24) is 19.9 Å². The summed E-state index contributed by atoms with van der Waals surface area (Å²) in [4.78, 5) is 28.3. The minimum absolute atomic E-state index is 0.252. The van der Waals surface area contributed by atoms with Crippen LogP contribution in [0.25, 0.3) is 5.65 Å². The molecule has 0 atom stereocenters. The molecule has 8 heteroatoms. The fraction of sp³-hybridized carbons (Fsp3) is 0.200. The maximum absolute atomic E-state index is 11.7. The van der Waals surface area contributed by atoms with Gasteiger partial charge in [0.05, 0.1) is 4.47 Å². The van der Waals surface area contributed by atoms with Gasteiger partial charge in [-0.05, 0) is 28.1 Å². The van der Waals surface area contributed by atoms with Crippen molar-refractivity contribution >= 4 is 39.5 Å². The van der Waals surface area contributed by atoms with Gasteiger partial charge in [0, 0.05) is 19.2 Å². The van der Waals surface area contributed by atoms with E-state index in [0.717, 1.165) is 4.47 Å². The largest absolute Gasteiger partial charge is 0.330 e. The lowest BCUT2D eigenvalue weighted by Crippen LogP contribution is -2.50. The van der Waals surface area contributed by atoms with E-state index in [4.69, 9.17) is 0 Å². The number of aromatic nitrogens is 3. The second-order valence-electron chi connectivity index (χ2n) is 3.79. The summed E-state index contributed by atoms with van der Waals surface area (Å²) in [6, 6.07) is 3.17. The van der Waals surface area contributed by atoms with E-state index in [1.165, 1.54) is 4.90 Å². The van der Waals surface area contributed by atoms with Crippen LogP contribution in [0, 0.1) is 0 Å². The second kappa shape index (κ2) is 4.05. The number of halogens is 1. The molecule has 0 aliphatic carbocycles. The highest BCUT2D eigenvalue weighted by Gasteiger charge is 2.27. The van der Waals surface area contributed by atoms with Crippen LogP contribution in [-0.2, 0) is 4.79 Å². The van der Waals surface area contributed by atoms with Crippen LogP contribution >= 0.6 is 15.9 Å². The SMILES string of the molecule is O=C1CCN(c2nc3c(Br)cccn3n2)C(=O)N1. The molecule has 3 amide bonds. The number of carbonyl (C=O) groups excluding carboxylic acids is 2. The molecule has 3 heterocycles. The van der Waals surface area contributed by atoms with Crippen LogP contribution < -0.4 is 10.2 Å². The van der Waals surface area contributed by atoms with E-state index >= 15 is 0 Å². The average molecular weight is 310 g/mol. The normalized spacial score (nSPS) is 16.2. The summed E-state index contributed by atoms with van der Waals surface area (Å²) in [5, 5.41) is 6.44. The van der Waals surface area contributed by atoms with Gasteiger partial charge in [0.25, 0.3) is 5.95 Å². The molecule has 1 aliphatic rings. The monoisotopic (exact) mass is 309 g/mol. The highest BCUT2D eigenvalue weighted by molar-refractivity contribution is 9.10. The Morgan fingerprint density at radius 1 is 1.39 bits per heavy atom. The Balaban J connectivity index is 2.02. The maximum Gasteiger partial charge on any atom is 0.330 e. The van der Waals surface area contributed by atoms with Gasteiger partial charge in [-0.3, -0.25) is 15.0 Å². The third kappa shape index (κ3) is 1.74. The quantitative estimate of drug-likeness (QED) is 0.850. The lowest BCUT2D eigenvalue weighted by Gasteiger charge is -2.22. The topological polar surface area (TPSA) is 79.6 Å². The number of pyridine rings is 1. The van der Waals surface area contributed by atoms with Crippen molar-refractivity contribution in [3.63, 3.8) is 0 Å². The molecule has 2 aromatic heterocycles. The number of nitrogens with one attached hydrogen (secondary N) is 1. The van der Waals surface area contributed by atoms with Gasteiger partial charge in [0.15, 0.2) is 5.65 Å². The summed E-state index contributed by atoms with van der Waals surface area (Å²) in [7, 11) is 0. The molecule has 1 N–H and O–H groups in total. The van der Waals surface area contributed by atoms with Crippen LogP contribution in [0.2, 0.25) is 0 Å². The van der Waals surface area contributed by atoms with Crippen molar-refractivity contribution in [2.45, 2.75) is 6.42 Å². The van der Waals surface area contributed by atoms with Gasteiger partial charge in [-0.1, -0.05) is 0 Å². The number of nitrogens with zero attached hydrogens (tertiary/aromatic N) is 4. The van der Waals surface area contributed by atoms with Gasteiger partial charge in [0.1, 0.15) is 0 Å². The average Bonchev–Trinajstić information content (AvgIpc) is 2.74. The summed E-state index contributed by atoms with van der Waals surface area (Å²) >= 11 is 3.36. The Hall–Kier alpha value is -1.96. The minimum atomic E-state index is -0.488. The zero-order valence-corrected chi connectivity index (χ0v) is 10.7. The molecule has 1 fully saturated rings. The number of rotatable bonds is 1. The number of imide groups is 1. The lowest BCUT2D eigenvalue weighted by molar-refractivity contribution is -0.120. The minimum Gasteiger partial charge on any atom is -0.278 e. The van der Waals surface area contributed by atoms with Crippen LogP contribution in [0.1, 0.15) is 6.42 Å². The first kappa shape index (κ1) is 11.1. The third-order valence-electron chi connectivity index (χ3n) is 2.60. The van der Waals surface area contributed by atoms with Gasteiger partial charge in [-0.25, -0.2) is 9.31 Å². The van der Waals surface area contributed by atoms with E-state index in [2.05, 4.69) is 31.3 Å². The molecule has 0 aromatic carbocycles. The summed E-state index contributed by atoms with van der Waals surface area (Å²) in [6.07, 6.45) is 1.99. The molecule has 1 saturated heterocycles. The molecule has 0 bridgehead atoms. The molecule has 0 spiro atoms. The first-order chi connectivity index (χ1) is 8.65. The molecule has 18 heavy (non-hydrogen) atoms. The van der Waals surface area contributed by atoms with E-state index in [0.29, 0.717) is 12.2 Å². The molecule has 0 saturated carbocycles. The van der Waals surface area contributed by atoms with E-state index in [1.807, 2.05) is 12.1 Å². The smallest absolute Gasteiger partial charge is 0.278 e. The van der Waals surface area contributed by atoms with Gasteiger partial charge >= 0.3 is 6.03 Å². The molecule has 92 valence electrons.